The maximum atomic E-state index is 11.6. The average molecular weight is 339 g/mol. The van der Waals surface area contributed by atoms with Crippen molar-refractivity contribution in [2.45, 2.75) is 25.7 Å². The smallest absolute Gasteiger partial charge is 0.220 e. The Kier molecular flexibility index (Phi) is 4.46. The molecule has 0 bridgehead atoms. The van der Waals surface area contributed by atoms with Gasteiger partial charge in [0, 0.05) is 6.42 Å². The van der Waals surface area contributed by atoms with E-state index in [1.54, 1.807) is 0 Å². The van der Waals surface area contributed by atoms with Crippen molar-refractivity contribution in [2.75, 3.05) is 6.54 Å². The lowest BCUT2D eigenvalue weighted by atomic mass is 9.90. The van der Waals surface area contributed by atoms with Crippen LogP contribution < -0.4 is 5.32 Å². The monoisotopic (exact) mass is 339 g/mol. The highest BCUT2D eigenvalue weighted by Crippen LogP contribution is 2.36. The van der Waals surface area contributed by atoms with Crippen molar-refractivity contribution >= 4 is 38.2 Å². The summed E-state index contributed by atoms with van der Waals surface area (Å²) < 4.78 is 0. The number of rotatable bonds is 6. The molecule has 2 nitrogen and oxygen atoms in total. The molecule has 128 valence electrons. The number of terminal acetylenes is 1. The second kappa shape index (κ2) is 7.06. The van der Waals surface area contributed by atoms with Crippen LogP contribution in [-0.2, 0) is 11.2 Å². The summed E-state index contributed by atoms with van der Waals surface area (Å²) in [4.78, 5) is 11.6. The molecule has 0 atom stereocenters. The summed E-state index contributed by atoms with van der Waals surface area (Å²) >= 11 is 0. The van der Waals surface area contributed by atoms with Crippen LogP contribution in [0.2, 0.25) is 0 Å². The number of aryl methyl sites for hydroxylation is 1. The average Bonchev–Trinajstić information content (AvgIpc) is 2.68. The molecule has 0 aliphatic heterocycles. The van der Waals surface area contributed by atoms with Crippen LogP contribution in [0, 0.1) is 12.3 Å². The summed E-state index contributed by atoms with van der Waals surface area (Å²) in [5, 5.41) is 10.7. The summed E-state index contributed by atoms with van der Waals surface area (Å²) in [5.41, 5.74) is 1.36. The normalized spacial score (nSPS) is 11.2. The molecule has 0 heterocycles. The minimum Gasteiger partial charge on any atom is -0.345 e. The summed E-state index contributed by atoms with van der Waals surface area (Å²) in [6.45, 7) is 0.313. The highest BCUT2D eigenvalue weighted by atomic mass is 16.1. The van der Waals surface area contributed by atoms with Gasteiger partial charge in [-0.05, 0) is 57.1 Å². The van der Waals surface area contributed by atoms with Crippen LogP contribution in [0.25, 0.3) is 32.3 Å². The number of carbonyl (C=O) groups is 1. The van der Waals surface area contributed by atoms with Gasteiger partial charge in [-0.1, -0.05) is 60.5 Å². The van der Waals surface area contributed by atoms with Crippen molar-refractivity contribution in [3.63, 3.8) is 0 Å². The molecule has 0 aliphatic rings. The van der Waals surface area contributed by atoms with Gasteiger partial charge in [0.05, 0.1) is 6.54 Å². The zero-order valence-electron chi connectivity index (χ0n) is 14.7. The third-order valence-corrected chi connectivity index (χ3v) is 5.11. The van der Waals surface area contributed by atoms with Gasteiger partial charge in [-0.2, -0.15) is 0 Å². The van der Waals surface area contributed by atoms with E-state index in [-0.39, 0.29) is 5.91 Å². The Labute approximate surface area is 153 Å². The minimum atomic E-state index is 0.0401. The fourth-order valence-corrected chi connectivity index (χ4v) is 3.85. The highest BCUT2D eigenvalue weighted by molar-refractivity contribution is 6.23. The number of hydrogen-bond acceptors (Lipinski definition) is 1. The fourth-order valence-electron chi connectivity index (χ4n) is 3.85. The summed E-state index contributed by atoms with van der Waals surface area (Å²) in [5.74, 6) is 2.47. The highest BCUT2D eigenvalue weighted by Gasteiger charge is 2.10. The third kappa shape index (κ3) is 2.97. The van der Waals surface area contributed by atoms with Gasteiger partial charge in [-0.25, -0.2) is 0 Å². The molecule has 0 saturated heterocycles. The molecular weight excluding hydrogens is 318 g/mol. The molecule has 4 aromatic carbocycles. The Hall–Kier alpha value is -3.05. The molecule has 4 aromatic rings. The van der Waals surface area contributed by atoms with Crippen molar-refractivity contribution in [1.82, 2.24) is 5.32 Å². The lowest BCUT2D eigenvalue weighted by Crippen LogP contribution is -2.22. The van der Waals surface area contributed by atoms with Crippen LogP contribution in [0.5, 0.6) is 0 Å². The standard InChI is InChI=1S/C24H21NO/c1-2-16-25-22(26)9-4-3-6-17-10-11-20-13-12-18-7-5-8-19-14-15-21(17)24(20)23(18)19/h1,5,7-8,10-15H,3-4,6,9,16H2,(H,25,26). The molecule has 0 fully saturated rings. The summed E-state index contributed by atoms with van der Waals surface area (Å²) in [6.07, 6.45) is 8.54. The molecule has 0 spiro atoms. The Balaban J connectivity index is 1.58. The minimum absolute atomic E-state index is 0.0401. The quantitative estimate of drug-likeness (QED) is 0.297. The fraction of sp³-hybridized carbons (Fsp3) is 0.208. The van der Waals surface area contributed by atoms with Gasteiger partial charge < -0.3 is 5.32 Å². The first-order chi connectivity index (χ1) is 12.8. The molecule has 0 aliphatic carbocycles. The van der Waals surface area contributed by atoms with E-state index in [1.165, 1.54) is 37.9 Å². The Morgan fingerprint density at radius 2 is 1.58 bits per heavy atom. The van der Waals surface area contributed by atoms with Crippen molar-refractivity contribution < 1.29 is 4.79 Å². The zero-order chi connectivity index (χ0) is 17.9. The van der Waals surface area contributed by atoms with Gasteiger partial charge >= 0.3 is 0 Å². The Bertz CT molecular complexity index is 1100. The van der Waals surface area contributed by atoms with Gasteiger partial charge in [-0.3, -0.25) is 4.79 Å². The zero-order valence-corrected chi connectivity index (χ0v) is 14.7. The molecule has 0 aromatic heterocycles. The lowest BCUT2D eigenvalue weighted by Gasteiger charge is -2.13. The van der Waals surface area contributed by atoms with Crippen LogP contribution in [0.4, 0.5) is 0 Å². The van der Waals surface area contributed by atoms with E-state index in [1.807, 2.05) is 0 Å². The Morgan fingerprint density at radius 3 is 2.35 bits per heavy atom. The second-order valence-corrected chi connectivity index (χ2v) is 6.77. The maximum Gasteiger partial charge on any atom is 0.220 e. The number of nitrogens with one attached hydrogen (secondary N) is 1. The van der Waals surface area contributed by atoms with Gasteiger partial charge in [-0.15, -0.1) is 6.42 Å². The molecular formula is C24H21NO. The number of benzene rings is 4. The number of carbonyl (C=O) groups excluding carboxylic acids is 1. The molecule has 26 heavy (non-hydrogen) atoms. The van der Waals surface area contributed by atoms with Gasteiger partial charge in [0.2, 0.25) is 5.91 Å². The van der Waals surface area contributed by atoms with Crippen molar-refractivity contribution in [3.8, 4) is 12.3 Å². The molecule has 0 unspecified atom stereocenters. The molecule has 1 amide bonds. The topological polar surface area (TPSA) is 29.1 Å². The van der Waals surface area contributed by atoms with Gasteiger partial charge in [0.25, 0.3) is 0 Å². The van der Waals surface area contributed by atoms with E-state index in [0.29, 0.717) is 13.0 Å². The predicted molar refractivity (Wildman–Crippen MR) is 110 cm³/mol. The SMILES string of the molecule is C#CCNC(=O)CCCCc1ccc2ccc3cccc4ccc1c2c34. The predicted octanol–water partition coefficient (Wildman–Crippen LogP) is 5.05. The van der Waals surface area contributed by atoms with Crippen molar-refractivity contribution in [1.29, 1.82) is 0 Å². The molecule has 0 saturated carbocycles. The molecule has 0 radical (unpaired) electrons. The Morgan fingerprint density at radius 1 is 0.885 bits per heavy atom. The van der Waals surface area contributed by atoms with Gasteiger partial charge in [0.1, 0.15) is 0 Å². The first kappa shape index (κ1) is 16.4. The largest absolute Gasteiger partial charge is 0.345 e. The molecule has 1 N–H and O–H groups in total. The van der Waals surface area contributed by atoms with Gasteiger partial charge in [0.15, 0.2) is 0 Å². The summed E-state index contributed by atoms with van der Waals surface area (Å²) in [7, 11) is 0. The lowest BCUT2D eigenvalue weighted by molar-refractivity contribution is -0.120. The molecule has 2 heteroatoms. The van der Waals surface area contributed by atoms with Crippen LogP contribution in [0.3, 0.4) is 0 Å². The van der Waals surface area contributed by atoms with E-state index in [0.717, 1.165) is 19.3 Å². The van der Waals surface area contributed by atoms with Crippen LogP contribution in [-0.4, -0.2) is 12.5 Å². The third-order valence-electron chi connectivity index (χ3n) is 5.11. The van der Waals surface area contributed by atoms with E-state index < -0.39 is 0 Å². The number of amides is 1. The van der Waals surface area contributed by atoms with Crippen LogP contribution in [0.15, 0.2) is 54.6 Å². The van der Waals surface area contributed by atoms with E-state index in [2.05, 4.69) is 65.8 Å². The van der Waals surface area contributed by atoms with E-state index in [4.69, 9.17) is 6.42 Å². The molecule has 4 rings (SSSR count). The number of hydrogen-bond donors (Lipinski definition) is 1. The second-order valence-electron chi connectivity index (χ2n) is 6.77. The first-order valence-corrected chi connectivity index (χ1v) is 9.13. The summed E-state index contributed by atoms with van der Waals surface area (Å²) in [6, 6.07) is 19.8. The van der Waals surface area contributed by atoms with E-state index >= 15 is 0 Å². The van der Waals surface area contributed by atoms with Crippen LogP contribution >= 0.6 is 0 Å². The number of unbranched alkanes of at least 4 members (excludes halogenated alkanes) is 1. The van der Waals surface area contributed by atoms with E-state index in [9.17, 15) is 4.79 Å². The van der Waals surface area contributed by atoms with Crippen molar-refractivity contribution in [3.05, 3.63) is 60.2 Å². The van der Waals surface area contributed by atoms with Crippen molar-refractivity contribution in [2.24, 2.45) is 0 Å². The first-order valence-electron chi connectivity index (χ1n) is 9.13. The maximum absolute atomic E-state index is 11.6. The van der Waals surface area contributed by atoms with Crippen LogP contribution in [0.1, 0.15) is 24.8 Å².